The van der Waals surface area contributed by atoms with Crippen LogP contribution in [0.25, 0.3) is 0 Å². The number of ether oxygens (including phenoxy) is 1. The molecule has 1 aliphatic rings. The van der Waals surface area contributed by atoms with E-state index in [2.05, 4.69) is 30.9 Å². The highest BCUT2D eigenvalue weighted by Crippen LogP contribution is 2.12. The maximum Gasteiger partial charge on any atom is 0.323 e. The molecule has 0 saturated carbocycles. The number of halogens is 1. The van der Waals surface area contributed by atoms with E-state index in [0.29, 0.717) is 0 Å². The molecule has 0 N–H and O–H groups in total. The molecule has 0 aromatic carbocycles. The molecule has 4 nitrogen and oxygen atoms in total. The Morgan fingerprint density at radius 3 is 2.77 bits per heavy atom. The summed E-state index contributed by atoms with van der Waals surface area (Å²) in [5.74, 6) is -0.116. The summed E-state index contributed by atoms with van der Waals surface area (Å²) in [6.45, 7) is 2.87. The summed E-state index contributed by atoms with van der Waals surface area (Å²) in [7, 11) is 3.42. The Bertz CT molecular complexity index is 189. The molecule has 0 aliphatic carbocycles. The summed E-state index contributed by atoms with van der Waals surface area (Å²) in [6, 6.07) is -0.0650. The van der Waals surface area contributed by atoms with Crippen LogP contribution in [0.1, 0.15) is 6.42 Å². The van der Waals surface area contributed by atoms with Crippen LogP contribution >= 0.6 is 22.9 Å². The molecule has 76 valence electrons. The van der Waals surface area contributed by atoms with Crippen molar-refractivity contribution in [1.82, 2.24) is 8.01 Å². The average molecular weight is 298 g/mol. The fourth-order valence-corrected chi connectivity index (χ4v) is 1.94. The van der Waals surface area contributed by atoms with Crippen LogP contribution in [0.3, 0.4) is 0 Å². The lowest BCUT2D eigenvalue weighted by molar-refractivity contribution is -0.146. The standard InChI is InChI=1S/C8H15IN2O2/c1-10-5-6-11(9)4-3-7(10)8(12)13-2/h7H,3-6H2,1-2H3. The molecule has 0 aromatic heterocycles. The number of likely N-dealkylation sites (N-methyl/N-ethyl adjacent to an activating group) is 1. The van der Waals surface area contributed by atoms with Crippen LogP contribution in [0.15, 0.2) is 0 Å². The third-order valence-electron chi connectivity index (χ3n) is 2.35. The van der Waals surface area contributed by atoms with Crippen LogP contribution in [-0.4, -0.2) is 53.8 Å². The highest BCUT2D eigenvalue weighted by atomic mass is 127. The number of hydrogen-bond donors (Lipinski definition) is 0. The lowest BCUT2D eigenvalue weighted by Gasteiger charge is -2.22. The molecule has 0 amide bonds. The molecule has 1 fully saturated rings. The monoisotopic (exact) mass is 298 g/mol. The zero-order valence-electron chi connectivity index (χ0n) is 7.99. The summed E-state index contributed by atoms with van der Waals surface area (Å²) < 4.78 is 6.95. The second-order valence-corrected chi connectivity index (χ2v) is 4.58. The number of esters is 1. The summed E-state index contributed by atoms with van der Waals surface area (Å²) in [6.07, 6.45) is 0.853. The first-order valence-electron chi connectivity index (χ1n) is 4.34. The predicted octanol–water partition coefficient (Wildman–Crippen LogP) is 0.516. The van der Waals surface area contributed by atoms with E-state index in [1.54, 1.807) is 0 Å². The van der Waals surface area contributed by atoms with Gasteiger partial charge in [-0.3, -0.25) is 9.69 Å². The third kappa shape index (κ3) is 3.07. The molecule has 1 atom stereocenters. The van der Waals surface area contributed by atoms with Crippen LogP contribution in [0, 0.1) is 0 Å². The van der Waals surface area contributed by atoms with Gasteiger partial charge in [-0.25, -0.2) is 3.11 Å². The van der Waals surface area contributed by atoms with E-state index in [1.807, 2.05) is 7.05 Å². The molecule has 5 heteroatoms. The molecule has 1 saturated heterocycles. The Morgan fingerprint density at radius 2 is 2.15 bits per heavy atom. The van der Waals surface area contributed by atoms with Gasteiger partial charge in [-0.2, -0.15) is 0 Å². The molecule has 0 radical (unpaired) electrons. The van der Waals surface area contributed by atoms with E-state index in [0.717, 1.165) is 26.1 Å². The largest absolute Gasteiger partial charge is 0.468 e. The quantitative estimate of drug-likeness (QED) is 0.401. The van der Waals surface area contributed by atoms with E-state index >= 15 is 0 Å². The van der Waals surface area contributed by atoms with E-state index in [1.165, 1.54) is 7.11 Å². The van der Waals surface area contributed by atoms with Gasteiger partial charge in [0.15, 0.2) is 0 Å². The van der Waals surface area contributed by atoms with Gasteiger partial charge in [0.25, 0.3) is 0 Å². The maximum absolute atomic E-state index is 11.4. The smallest absolute Gasteiger partial charge is 0.323 e. The molecule has 0 aromatic rings. The van der Waals surface area contributed by atoms with E-state index in [-0.39, 0.29) is 12.0 Å². The van der Waals surface area contributed by atoms with Gasteiger partial charge in [0.05, 0.1) is 7.11 Å². The van der Waals surface area contributed by atoms with Gasteiger partial charge in [-0.15, -0.1) is 0 Å². The molecule has 0 spiro atoms. The molecule has 1 aliphatic heterocycles. The first kappa shape index (κ1) is 11.2. The number of carbonyl (C=O) groups is 1. The maximum atomic E-state index is 11.4. The lowest BCUT2D eigenvalue weighted by atomic mass is 10.2. The molecular weight excluding hydrogens is 283 g/mol. The van der Waals surface area contributed by atoms with E-state index in [4.69, 9.17) is 4.74 Å². The average Bonchev–Trinajstić information content (AvgIpc) is 2.28. The van der Waals surface area contributed by atoms with Crippen molar-refractivity contribution in [2.24, 2.45) is 0 Å². The van der Waals surface area contributed by atoms with Crippen LogP contribution in [0.2, 0.25) is 0 Å². The topological polar surface area (TPSA) is 32.8 Å². The van der Waals surface area contributed by atoms with Crippen LogP contribution in [0.4, 0.5) is 0 Å². The number of nitrogens with zero attached hydrogens (tertiary/aromatic N) is 2. The highest BCUT2D eigenvalue weighted by molar-refractivity contribution is 14.1. The van der Waals surface area contributed by atoms with Crippen molar-refractivity contribution in [3.05, 3.63) is 0 Å². The van der Waals surface area contributed by atoms with Gasteiger partial charge < -0.3 is 4.74 Å². The van der Waals surface area contributed by atoms with Crippen LogP contribution in [0.5, 0.6) is 0 Å². The van der Waals surface area contributed by atoms with Gasteiger partial charge in [0, 0.05) is 42.5 Å². The highest BCUT2D eigenvalue weighted by Gasteiger charge is 2.26. The Morgan fingerprint density at radius 1 is 1.46 bits per heavy atom. The molecule has 1 heterocycles. The fourth-order valence-electron chi connectivity index (χ4n) is 1.45. The summed E-state index contributed by atoms with van der Waals surface area (Å²) in [4.78, 5) is 13.4. The normalized spacial score (nSPS) is 26.8. The SMILES string of the molecule is COC(=O)C1CCN(I)CCN1C. The number of rotatable bonds is 1. The van der Waals surface area contributed by atoms with Crippen molar-refractivity contribution in [1.29, 1.82) is 0 Å². The van der Waals surface area contributed by atoms with Crippen molar-refractivity contribution in [2.45, 2.75) is 12.5 Å². The number of methoxy groups -OCH3 is 1. The van der Waals surface area contributed by atoms with Gasteiger partial charge in [0.1, 0.15) is 6.04 Å². The van der Waals surface area contributed by atoms with E-state index in [9.17, 15) is 4.79 Å². The Kier molecular flexibility index (Phi) is 4.40. The fraction of sp³-hybridized carbons (Fsp3) is 0.875. The predicted molar refractivity (Wildman–Crippen MR) is 58.6 cm³/mol. The van der Waals surface area contributed by atoms with Gasteiger partial charge in [-0.05, 0) is 13.5 Å². The lowest BCUT2D eigenvalue weighted by Crippen LogP contribution is -2.39. The summed E-state index contributed by atoms with van der Waals surface area (Å²) in [5, 5.41) is 0. The Balaban J connectivity index is 2.56. The molecule has 1 rings (SSSR count). The van der Waals surface area contributed by atoms with Gasteiger partial charge >= 0.3 is 5.97 Å². The first-order chi connectivity index (χ1) is 6.15. The zero-order chi connectivity index (χ0) is 9.84. The summed E-state index contributed by atoms with van der Waals surface area (Å²) in [5.41, 5.74) is 0. The number of carbonyl (C=O) groups excluding carboxylic acids is 1. The zero-order valence-corrected chi connectivity index (χ0v) is 10.2. The van der Waals surface area contributed by atoms with Crippen molar-refractivity contribution in [3.63, 3.8) is 0 Å². The minimum absolute atomic E-state index is 0.0650. The van der Waals surface area contributed by atoms with Gasteiger partial charge in [-0.1, -0.05) is 0 Å². The second-order valence-electron chi connectivity index (χ2n) is 3.22. The summed E-state index contributed by atoms with van der Waals surface area (Å²) >= 11 is 2.29. The molecule has 1 unspecified atom stereocenters. The van der Waals surface area contributed by atoms with Crippen molar-refractivity contribution >= 4 is 28.8 Å². The molecule has 13 heavy (non-hydrogen) atoms. The minimum atomic E-state index is -0.116. The molecular formula is C8H15IN2O2. The van der Waals surface area contributed by atoms with Crippen molar-refractivity contribution in [2.75, 3.05) is 33.8 Å². The van der Waals surface area contributed by atoms with Gasteiger partial charge in [0.2, 0.25) is 0 Å². The minimum Gasteiger partial charge on any atom is -0.468 e. The molecule has 0 bridgehead atoms. The van der Waals surface area contributed by atoms with Crippen molar-refractivity contribution < 1.29 is 9.53 Å². The van der Waals surface area contributed by atoms with E-state index < -0.39 is 0 Å². The van der Waals surface area contributed by atoms with Crippen LogP contribution < -0.4 is 0 Å². The second kappa shape index (κ2) is 5.11. The Hall–Kier alpha value is 0.120. The van der Waals surface area contributed by atoms with Crippen LogP contribution in [-0.2, 0) is 9.53 Å². The first-order valence-corrected chi connectivity index (χ1v) is 5.30. The number of hydrogen-bond acceptors (Lipinski definition) is 4. The van der Waals surface area contributed by atoms with Crippen molar-refractivity contribution in [3.8, 4) is 0 Å². The third-order valence-corrected chi connectivity index (χ3v) is 3.31. The Labute approximate surface area is 92.7 Å².